The van der Waals surface area contributed by atoms with Gasteiger partial charge in [0.2, 0.25) is 0 Å². The predicted octanol–water partition coefficient (Wildman–Crippen LogP) is 1.21. The molecule has 0 aliphatic heterocycles. The van der Waals surface area contributed by atoms with Gasteiger partial charge in [-0.05, 0) is 0 Å². The lowest BCUT2D eigenvalue weighted by Gasteiger charge is -2.29. The van der Waals surface area contributed by atoms with E-state index in [-0.39, 0.29) is 30.4 Å². The molecular formula is C13H26NO4+. The summed E-state index contributed by atoms with van der Waals surface area (Å²) < 4.78 is 10.7. The van der Waals surface area contributed by atoms with E-state index in [0.717, 1.165) is 0 Å². The Hall–Kier alpha value is -1.10. The SMILES string of the molecule is COC(=O)CCC(C[N+](C)(C)C)OC(=O)C(C)C. The molecule has 0 aliphatic carbocycles. The van der Waals surface area contributed by atoms with E-state index in [2.05, 4.69) is 4.74 Å². The molecule has 0 saturated heterocycles. The van der Waals surface area contributed by atoms with Crippen LogP contribution >= 0.6 is 0 Å². The molecule has 0 fully saturated rings. The van der Waals surface area contributed by atoms with E-state index in [4.69, 9.17) is 4.74 Å². The second kappa shape index (κ2) is 7.36. The zero-order valence-corrected chi connectivity index (χ0v) is 12.4. The van der Waals surface area contributed by atoms with Crippen LogP contribution in [0.1, 0.15) is 26.7 Å². The third-order valence-corrected chi connectivity index (χ3v) is 2.40. The largest absolute Gasteiger partial charge is 0.469 e. The van der Waals surface area contributed by atoms with Gasteiger partial charge in [-0.15, -0.1) is 0 Å². The van der Waals surface area contributed by atoms with Crippen LogP contribution in [-0.4, -0.2) is 57.3 Å². The number of hydrogen-bond donors (Lipinski definition) is 0. The molecule has 0 amide bonds. The highest BCUT2D eigenvalue weighted by Gasteiger charge is 2.24. The minimum atomic E-state index is -0.276. The van der Waals surface area contributed by atoms with Gasteiger partial charge in [0, 0.05) is 12.8 Å². The summed E-state index contributed by atoms with van der Waals surface area (Å²) in [5.74, 6) is -0.654. The summed E-state index contributed by atoms with van der Waals surface area (Å²) >= 11 is 0. The van der Waals surface area contributed by atoms with E-state index in [1.54, 1.807) is 13.8 Å². The van der Waals surface area contributed by atoms with Gasteiger partial charge in [0.25, 0.3) is 0 Å². The zero-order valence-electron chi connectivity index (χ0n) is 12.4. The number of methoxy groups -OCH3 is 1. The van der Waals surface area contributed by atoms with E-state index >= 15 is 0 Å². The van der Waals surface area contributed by atoms with Crippen LogP contribution in [0.5, 0.6) is 0 Å². The number of carbonyl (C=O) groups excluding carboxylic acids is 2. The number of carbonyl (C=O) groups is 2. The molecule has 18 heavy (non-hydrogen) atoms. The molecule has 1 unspecified atom stereocenters. The topological polar surface area (TPSA) is 52.6 Å². The molecule has 0 rings (SSSR count). The number of likely N-dealkylation sites (N-methyl/N-ethyl adjacent to an activating group) is 1. The van der Waals surface area contributed by atoms with Crippen molar-refractivity contribution in [3.8, 4) is 0 Å². The Morgan fingerprint density at radius 2 is 1.72 bits per heavy atom. The fourth-order valence-electron chi connectivity index (χ4n) is 1.48. The highest BCUT2D eigenvalue weighted by atomic mass is 16.5. The number of hydrogen-bond acceptors (Lipinski definition) is 4. The maximum absolute atomic E-state index is 11.6. The zero-order chi connectivity index (χ0) is 14.3. The predicted molar refractivity (Wildman–Crippen MR) is 68.9 cm³/mol. The molecule has 0 aromatic rings. The van der Waals surface area contributed by atoms with Crippen molar-refractivity contribution in [2.45, 2.75) is 32.8 Å². The van der Waals surface area contributed by atoms with Crippen molar-refractivity contribution in [3.05, 3.63) is 0 Å². The van der Waals surface area contributed by atoms with Gasteiger partial charge in [-0.2, -0.15) is 0 Å². The van der Waals surface area contributed by atoms with Crippen LogP contribution < -0.4 is 0 Å². The van der Waals surface area contributed by atoms with Crippen molar-refractivity contribution in [2.24, 2.45) is 5.92 Å². The Morgan fingerprint density at radius 3 is 2.11 bits per heavy atom. The fourth-order valence-corrected chi connectivity index (χ4v) is 1.48. The van der Waals surface area contributed by atoms with Gasteiger partial charge >= 0.3 is 11.9 Å². The number of nitrogens with zero attached hydrogens (tertiary/aromatic N) is 1. The lowest BCUT2D eigenvalue weighted by atomic mass is 10.1. The molecule has 0 N–H and O–H groups in total. The van der Waals surface area contributed by atoms with Crippen molar-refractivity contribution in [2.75, 3.05) is 34.8 Å². The van der Waals surface area contributed by atoms with E-state index in [1.807, 2.05) is 21.1 Å². The van der Waals surface area contributed by atoms with E-state index < -0.39 is 0 Å². The van der Waals surface area contributed by atoms with Crippen LogP contribution in [0.2, 0.25) is 0 Å². The Balaban J connectivity index is 4.43. The summed E-state index contributed by atoms with van der Waals surface area (Å²) in [5, 5.41) is 0. The Morgan fingerprint density at radius 1 is 1.17 bits per heavy atom. The monoisotopic (exact) mass is 260 g/mol. The molecule has 0 heterocycles. The molecule has 0 aromatic carbocycles. The molecule has 0 radical (unpaired) electrons. The molecular weight excluding hydrogens is 234 g/mol. The summed E-state index contributed by atoms with van der Waals surface area (Å²) in [6, 6.07) is 0. The van der Waals surface area contributed by atoms with Crippen molar-refractivity contribution in [1.29, 1.82) is 0 Å². The molecule has 1 atom stereocenters. The summed E-state index contributed by atoms with van der Waals surface area (Å²) in [5.41, 5.74) is 0. The summed E-state index contributed by atoms with van der Waals surface area (Å²) in [6.07, 6.45) is 0.520. The molecule has 5 nitrogen and oxygen atoms in total. The number of esters is 2. The third-order valence-electron chi connectivity index (χ3n) is 2.40. The quantitative estimate of drug-likeness (QED) is 0.510. The van der Waals surface area contributed by atoms with E-state index in [0.29, 0.717) is 17.4 Å². The molecule has 0 spiro atoms. The highest BCUT2D eigenvalue weighted by Crippen LogP contribution is 2.10. The fraction of sp³-hybridized carbons (Fsp3) is 0.846. The Labute approximate surface area is 110 Å². The average Bonchev–Trinajstić information content (AvgIpc) is 2.23. The van der Waals surface area contributed by atoms with Crippen molar-refractivity contribution >= 4 is 11.9 Å². The second-order valence-corrected chi connectivity index (χ2v) is 5.80. The first-order valence-electron chi connectivity index (χ1n) is 6.23. The smallest absolute Gasteiger partial charge is 0.308 e. The lowest BCUT2D eigenvalue weighted by molar-refractivity contribution is -0.873. The molecule has 0 aromatic heterocycles. The van der Waals surface area contributed by atoms with E-state index in [9.17, 15) is 9.59 Å². The molecule has 5 heteroatoms. The van der Waals surface area contributed by atoms with E-state index in [1.165, 1.54) is 7.11 Å². The Kier molecular flexibility index (Phi) is 6.91. The minimum Gasteiger partial charge on any atom is -0.469 e. The Bertz CT molecular complexity index is 281. The van der Waals surface area contributed by atoms with Crippen LogP contribution in [0.4, 0.5) is 0 Å². The van der Waals surface area contributed by atoms with Crippen LogP contribution in [0.3, 0.4) is 0 Å². The van der Waals surface area contributed by atoms with Gasteiger partial charge in [-0.25, -0.2) is 0 Å². The summed E-state index contributed by atoms with van der Waals surface area (Å²) in [6.45, 7) is 4.27. The summed E-state index contributed by atoms with van der Waals surface area (Å²) in [4.78, 5) is 22.7. The first-order valence-corrected chi connectivity index (χ1v) is 6.23. The van der Waals surface area contributed by atoms with Gasteiger partial charge in [0.15, 0.2) is 6.10 Å². The molecule has 0 saturated carbocycles. The van der Waals surface area contributed by atoms with Gasteiger partial charge in [0.05, 0.1) is 34.2 Å². The number of rotatable bonds is 7. The minimum absolute atomic E-state index is 0.155. The molecule has 0 aliphatic rings. The normalized spacial score (nSPS) is 13.3. The van der Waals surface area contributed by atoms with Gasteiger partial charge in [-0.1, -0.05) is 13.8 Å². The van der Waals surface area contributed by atoms with Gasteiger partial charge in [-0.3, -0.25) is 9.59 Å². The number of quaternary nitrogens is 1. The maximum Gasteiger partial charge on any atom is 0.308 e. The van der Waals surface area contributed by atoms with Crippen LogP contribution in [-0.2, 0) is 19.1 Å². The standard InChI is InChI=1S/C13H26NO4/c1-10(2)13(16)18-11(9-14(3,4)5)7-8-12(15)17-6/h10-11H,7-9H2,1-6H3/q+1. The first kappa shape index (κ1) is 16.9. The van der Waals surface area contributed by atoms with Crippen molar-refractivity contribution in [3.63, 3.8) is 0 Å². The second-order valence-electron chi connectivity index (χ2n) is 5.80. The van der Waals surface area contributed by atoms with Crippen LogP contribution in [0.25, 0.3) is 0 Å². The number of ether oxygens (including phenoxy) is 2. The highest BCUT2D eigenvalue weighted by molar-refractivity contribution is 5.72. The summed E-state index contributed by atoms with van der Waals surface area (Å²) in [7, 11) is 7.42. The molecule has 0 bridgehead atoms. The third kappa shape index (κ3) is 8.06. The first-order chi connectivity index (χ1) is 8.15. The van der Waals surface area contributed by atoms with Crippen molar-refractivity contribution < 1.29 is 23.5 Å². The molecule has 106 valence electrons. The van der Waals surface area contributed by atoms with Crippen LogP contribution in [0.15, 0.2) is 0 Å². The van der Waals surface area contributed by atoms with Crippen LogP contribution in [0, 0.1) is 5.92 Å². The van der Waals surface area contributed by atoms with Gasteiger partial charge in [0.1, 0.15) is 6.54 Å². The van der Waals surface area contributed by atoms with Crippen molar-refractivity contribution in [1.82, 2.24) is 0 Å². The van der Waals surface area contributed by atoms with Gasteiger partial charge < -0.3 is 14.0 Å². The maximum atomic E-state index is 11.6. The average molecular weight is 260 g/mol. The lowest BCUT2D eigenvalue weighted by Crippen LogP contribution is -2.43.